The smallest absolute Gasteiger partial charge is 0.224 e. The number of nitrogens with one attached hydrogen (secondary N) is 1. The lowest BCUT2D eigenvalue weighted by atomic mass is 10.2. The first kappa shape index (κ1) is 15.9. The monoisotopic (exact) mass is 303 g/mol. The van der Waals surface area contributed by atoms with Crippen molar-refractivity contribution in [3.8, 4) is 6.07 Å². The Labute approximate surface area is 130 Å². The summed E-state index contributed by atoms with van der Waals surface area (Å²) in [4.78, 5) is 14.2. The summed E-state index contributed by atoms with van der Waals surface area (Å²) in [5.74, 6) is 2.51. The minimum absolute atomic E-state index is 0.0360. The van der Waals surface area contributed by atoms with E-state index in [1.807, 2.05) is 11.8 Å². The zero-order chi connectivity index (χ0) is 15.1. The van der Waals surface area contributed by atoms with Crippen molar-refractivity contribution in [2.75, 3.05) is 30.4 Å². The molecule has 1 aliphatic rings. The molecule has 1 atom stereocenters. The zero-order valence-electron chi connectivity index (χ0n) is 12.3. The van der Waals surface area contributed by atoms with Gasteiger partial charge in [-0.15, -0.1) is 0 Å². The van der Waals surface area contributed by atoms with Crippen molar-refractivity contribution < 1.29 is 4.79 Å². The van der Waals surface area contributed by atoms with Crippen LogP contribution in [-0.4, -0.2) is 41.9 Å². The summed E-state index contributed by atoms with van der Waals surface area (Å²) < 4.78 is 0. The van der Waals surface area contributed by atoms with E-state index in [0.717, 1.165) is 18.7 Å². The minimum atomic E-state index is 0.0360. The lowest BCUT2D eigenvalue weighted by molar-refractivity contribution is -0.116. The molecule has 112 valence electrons. The third-order valence-corrected chi connectivity index (χ3v) is 4.89. The fourth-order valence-corrected chi connectivity index (χ4v) is 3.69. The third kappa shape index (κ3) is 5.07. The van der Waals surface area contributed by atoms with Gasteiger partial charge in [-0.25, -0.2) is 0 Å². The standard InChI is InChI=1S/C16H21N3OS/c1-19(15-8-10-21-12-15)9-2-3-16(20)18-14-6-4-13(11-17)5-7-14/h4-7,15H,2-3,8-10,12H2,1H3,(H,18,20). The number of hydrogen-bond acceptors (Lipinski definition) is 4. The highest BCUT2D eigenvalue weighted by atomic mass is 32.2. The van der Waals surface area contributed by atoms with Gasteiger partial charge in [0.25, 0.3) is 0 Å². The molecule has 4 nitrogen and oxygen atoms in total. The van der Waals surface area contributed by atoms with Crippen LogP contribution in [0.1, 0.15) is 24.8 Å². The molecule has 0 radical (unpaired) electrons. The number of amides is 1. The Morgan fingerprint density at radius 2 is 2.24 bits per heavy atom. The van der Waals surface area contributed by atoms with Crippen LogP contribution in [-0.2, 0) is 4.79 Å². The van der Waals surface area contributed by atoms with E-state index in [9.17, 15) is 4.79 Å². The van der Waals surface area contributed by atoms with Crippen molar-refractivity contribution in [3.63, 3.8) is 0 Å². The van der Waals surface area contributed by atoms with Gasteiger partial charge in [0.1, 0.15) is 0 Å². The molecule has 0 spiro atoms. The molecule has 1 aliphatic heterocycles. The van der Waals surface area contributed by atoms with Gasteiger partial charge in [0.15, 0.2) is 0 Å². The van der Waals surface area contributed by atoms with E-state index in [2.05, 4.69) is 23.3 Å². The number of thioether (sulfide) groups is 1. The first-order valence-electron chi connectivity index (χ1n) is 7.27. The number of benzene rings is 1. The highest BCUT2D eigenvalue weighted by Gasteiger charge is 2.19. The molecule has 1 saturated heterocycles. The van der Waals surface area contributed by atoms with E-state index in [0.29, 0.717) is 18.0 Å². The predicted octanol–water partition coefficient (Wildman–Crippen LogP) is 2.71. The maximum Gasteiger partial charge on any atom is 0.224 e. The van der Waals surface area contributed by atoms with Gasteiger partial charge in [-0.3, -0.25) is 4.79 Å². The fourth-order valence-electron chi connectivity index (χ4n) is 2.39. The number of rotatable bonds is 6. The second-order valence-corrected chi connectivity index (χ2v) is 6.49. The summed E-state index contributed by atoms with van der Waals surface area (Å²) in [7, 11) is 2.15. The van der Waals surface area contributed by atoms with Crippen molar-refractivity contribution in [2.45, 2.75) is 25.3 Å². The molecular weight excluding hydrogens is 282 g/mol. The summed E-state index contributed by atoms with van der Waals surface area (Å²) in [6.07, 6.45) is 2.67. The lowest BCUT2D eigenvalue weighted by Crippen LogP contribution is -2.32. The molecule has 1 heterocycles. The normalized spacial score (nSPS) is 17.7. The van der Waals surface area contributed by atoms with Crippen molar-refractivity contribution in [1.82, 2.24) is 4.90 Å². The van der Waals surface area contributed by atoms with Gasteiger partial charge >= 0.3 is 0 Å². The van der Waals surface area contributed by atoms with Gasteiger partial charge in [0.05, 0.1) is 11.6 Å². The number of carbonyl (C=O) groups excluding carboxylic acids is 1. The number of nitrogens with zero attached hydrogens (tertiary/aromatic N) is 2. The molecule has 1 amide bonds. The van der Waals surface area contributed by atoms with E-state index in [1.54, 1.807) is 24.3 Å². The summed E-state index contributed by atoms with van der Waals surface area (Å²) in [5, 5.41) is 11.6. The summed E-state index contributed by atoms with van der Waals surface area (Å²) in [6, 6.07) is 9.68. The van der Waals surface area contributed by atoms with Crippen LogP contribution in [0.15, 0.2) is 24.3 Å². The largest absolute Gasteiger partial charge is 0.326 e. The molecule has 2 rings (SSSR count). The Hall–Kier alpha value is -1.51. The first-order valence-corrected chi connectivity index (χ1v) is 8.42. The molecule has 1 fully saturated rings. The van der Waals surface area contributed by atoms with E-state index < -0.39 is 0 Å². The van der Waals surface area contributed by atoms with Crippen LogP contribution in [0.5, 0.6) is 0 Å². The summed E-state index contributed by atoms with van der Waals surface area (Å²) in [5.41, 5.74) is 1.35. The number of carbonyl (C=O) groups is 1. The number of nitriles is 1. The minimum Gasteiger partial charge on any atom is -0.326 e. The van der Waals surface area contributed by atoms with Gasteiger partial charge < -0.3 is 10.2 Å². The van der Waals surface area contributed by atoms with E-state index in [1.165, 1.54) is 17.9 Å². The number of hydrogen-bond donors (Lipinski definition) is 1. The Balaban J connectivity index is 1.68. The van der Waals surface area contributed by atoms with Crippen molar-refractivity contribution in [1.29, 1.82) is 5.26 Å². The Kier molecular flexibility index (Phi) is 6.09. The van der Waals surface area contributed by atoms with Crippen molar-refractivity contribution in [3.05, 3.63) is 29.8 Å². The Morgan fingerprint density at radius 3 is 2.86 bits per heavy atom. The predicted molar refractivity (Wildman–Crippen MR) is 87.4 cm³/mol. The average molecular weight is 303 g/mol. The molecule has 1 aromatic carbocycles. The fraction of sp³-hybridized carbons (Fsp3) is 0.500. The van der Waals surface area contributed by atoms with E-state index in [-0.39, 0.29) is 5.91 Å². The Bertz CT molecular complexity index is 503. The second-order valence-electron chi connectivity index (χ2n) is 5.34. The summed E-state index contributed by atoms with van der Waals surface area (Å²) in [6.45, 7) is 0.964. The molecule has 21 heavy (non-hydrogen) atoms. The van der Waals surface area contributed by atoms with Crippen LogP contribution in [0, 0.1) is 11.3 Å². The van der Waals surface area contributed by atoms with Gasteiger partial charge in [0.2, 0.25) is 5.91 Å². The summed E-state index contributed by atoms with van der Waals surface area (Å²) >= 11 is 2.01. The average Bonchev–Trinajstić information content (AvgIpc) is 3.02. The SMILES string of the molecule is CN(CCCC(=O)Nc1ccc(C#N)cc1)C1CCSC1. The van der Waals surface area contributed by atoms with Gasteiger partial charge in [0, 0.05) is 23.9 Å². The molecule has 0 aliphatic carbocycles. The van der Waals surface area contributed by atoms with Crippen LogP contribution in [0.2, 0.25) is 0 Å². The molecule has 0 bridgehead atoms. The molecule has 1 N–H and O–H groups in total. The third-order valence-electron chi connectivity index (χ3n) is 3.74. The molecule has 1 aromatic rings. The van der Waals surface area contributed by atoms with Gasteiger partial charge in [-0.2, -0.15) is 17.0 Å². The topological polar surface area (TPSA) is 56.1 Å². The van der Waals surface area contributed by atoms with Gasteiger partial charge in [-0.1, -0.05) is 0 Å². The number of anilines is 1. The molecular formula is C16H21N3OS. The first-order chi connectivity index (χ1) is 10.2. The van der Waals surface area contributed by atoms with Gasteiger partial charge in [-0.05, 0) is 56.5 Å². The molecule has 1 unspecified atom stereocenters. The highest BCUT2D eigenvalue weighted by molar-refractivity contribution is 7.99. The van der Waals surface area contributed by atoms with Crippen LogP contribution in [0.25, 0.3) is 0 Å². The molecule has 0 aromatic heterocycles. The quantitative estimate of drug-likeness (QED) is 0.878. The molecule has 0 saturated carbocycles. The van der Waals surface area contributed by atoms with Crippen molar-refractivity contribution >= 4 is 23.4 Å². The van der Waals surface area contributed by atoms with Crippen LogP contribution >= 0.6 is 11.8 Å². The maximum atomic E-state index is 11.9. The van der Waals surface area contributed by atoms with E-state index in [4.69, 9.17) is 5.26 Å². The highest BCUT2D eigenvalue weighted by Crippen LogP contribution is 2.21. The van der Waals surface area contributed by atoms with E-state index >= 15 is 0 Å². The van der Waals surface area contributed by atoms with Crippen LogP contribution in [0.3, 0.4) is 0 Å². The zero-order valence-corrected chi connectivity index (χ0v) is 13.2. The van der Waals surface area contributed by atoms with Crippen molar-refractivity contribution in [2.24, 2.45) is 0 Å². The maximum absolute atomic E-state index is 11.9. The Morgan fingerprint density at radius 1 is 1.48 bits per heavy atom. The van der Waals surface area contributed by atoms with Crippen LogP contribution in [0.4, 0.5) is 5.69 Å². The van der Waals surface area contributed by atoms with Crippen LogP contribution < -0.4 is 5.32 Å². The molecule has 5 heteroatoms. The second kappa shape index (κ2) is 8.06. The lowest BCUT2D eigenvalue weighted by Gasteiger charge is -2.23.